The van der Waals surface area contributed by atoms with Gasteiger partial charge in [0.1, 0.15) is 16.6 Å². The van der Waals surface area contributed by atoms with Crippen molar-refractivity contribution < 1.29 is 9.53 Å². The number of anilines is 1. The second kappa shape index (κ2) is 4.58. The Kier molecular flexibility index (Phi) is 3.42. The number of nitrogens with zero attached hydrogens (tertiary/aromatic N) is 2. The van der Waals surface area contributed by atoms with E-state index in [1.807, 2.05) is 0 Å². The molecule has 1 aromatic rings. The third-order valence-electron chi connectivity index (χ3n) is 1.56. The van der Waals surface area contributed by atoms with Gasteiger partial charge in [-0.25, -0.2) is 4.79 Å². The molecule has 1 N–H and O–H groups in total. The average Bonchev–Trinajstić information content (AvgIpc) is 2.56. The fraction of sp³-hybridized carbons (Fsp3) is 0.375. The maximum absolute atomic E-state index is 11.4. The van der Waals surface area contributed by atoms with Gasteiger partial charge in [-0.3, -0.25) is 0 Å². The summed E-state index contributed by atoms with van der Waals surface area (Å²) in [5.74, 6) is -0.512. The molecule has 0 aromatic carbocycles. The van der Waals surface area contributed by atoms with Crippen LogP contribution in [0.4, 0.5) is 5.00 Å². The van der Waals surface area contributed by atoms with E-state index in [1.54, 1.807) is 20.0 Å². The van der Waals surface area contributed by atoms with Gasteiger partial charge in [-0.15, -0.1) is 0 Å². The highest BCUT2D eigenvalue weighted by molar-refractivity contribution is 7.10. The summed E-state index contributed by atoms with van der Waals surface area (Å²) in [4.78, 5) is 11.4. The highest BCUT2D eigenvalue weighted by Gasteiger charge is 2.18. The highest BCUT2D eigenvalue weighted by atomic mass is 32.1. The number of hydrogen-bond acceptors (Lipinski definition) is 6. The molecule has 1 aromatic heterocycles. The minimum atomic E-state index is -0.512. The number of aryl methyl sites for hydroxylation is 1. The van der Waals surface area contributed by atoms with Gasteiger partial charge in [-0.2, -0.15) is 9.64 Å². The smallest absolute Gasteiger partial charge is 0.344 e. The number of carbonyl (C=O) groups excluding carboxylic acids is 1. The standard InChI is InChI=1S/C8H9N3O2S/c1-5-6(7(10-2)14-11-5)8(12)13-4-3-9/h10H,4H2,1-2H3. The summed E-state index contributed by atoms with van der Waals surface area (Å²) >= 11 is 1.19. The maximum Gasteiger partial charge on any atom is 0.344 e. The van der Waals surface area contributed by atoms with E-state index in [2.05, 4.69) is 14.4 Å². The van der Waals surface area contributed by atoms with Crippen LogP contribution in [0.15, 0.2) is 0 Å². The topological polar surface area (TPSA) is 75.0 Å². The number of carbonyl (C=O) groups is 1. The van der Waals surface area contributed by atoms with E-state index in [0.717, 1.165) is 0 Å². The molecule has 5 nitrogen and oxygen atoms in total. The van der Waals surface area contributed by atoms with E-state index in [4.69, 9.17) is 5.26 Å². The summed E-state index contributed by atoms with van der Waals surface area (Å²) in [6.45, 7) is 1.48. The van der Waals surface area contributed by atoms with Crippen LogP contribution in [0.25, 0.3) is 0 Å². The first-order chi connectivity index (χ1) is 6.70. The summed E-state index contributed by atoms with van der Waals surface area (Å²) in [6.07, 6.45) is 0. The summed E-state index contributed by atoms with van der Waals surface area (Å²) in [6, 6.07) is 1.74. The SMILES string of the molecule is CNc1snc(C)c1C(=O)OCC#N. The van der Waals surface area contributed by atoms with Crippen molar-refractivity contribution in [2.45, 2.75) is 6.92 Å². The predicted molar refractivity (Wildman–Crippen MR) is 52.3 cm³/mol. The summed E-state index contributed by atoms with van der Waals surface area (Å²) < 4.78 is 8.70. The van der Waals surface area contributed by atoms with Crippen LogP contribution in [0.5, 0.6) is 0 Å². The van der Waals surface area contributed by atoms with Crippen LogP contribution in [0.1, 0.15) is 16.1 Å². The van der Waals surface area contributed by atoms with Gasteiger partial charge in [0.25, 0.3) is 0 Å². The first kappa shape index (κ1) is 10.5. The molecule has 6 heteroatoms. The van der Waals surface area contributed by atoms with Gasteiger partial charge in [0.2, 0.25) is 0 Å². The number of esters is 1. The van der Waals surface area contributed by atoms with Crippen LogP contribution >= 0.6 is 11.5 Å². The lowest BCUT2D eigenvalue weighted by Gasteiger charge is -2.01. The predicted octanol–water partition coefficient (Wildman–Crippen LogP) is 1.17. The van der Waals surface area contributed by atoms with E-state index >= 15 is 0 Å². The summed E-state index contributed by atoms with van der Waals surface area (Å²) in [7, 11) is 1.70. The van der Waals surface area contributed by atoms with E-state index < -0.39 is 5.97 Å². The molecular formula is C8H9N3O2S. The largest absolute Gasteiger partial charge is 0.447 e. The molecule has 0 aliphatic heterocycles. The number of nitriles is 1. The maximum atomic E-state index is 11.4. The van der Waals surface area contributed by atoms with Crippen LogP contribution < -0.4 is 5.32 Å². The molecule has 0 saturated heterocycles. The van der Waals surface area contributed by atoms with Gasteiger partial charge in [-0.05, 0) is 18.5 Å². The number of nitrogens with one attached hydrogen (secondary N) is 1. The van der Waals surface area contributed by atoms with Crippen LogP contribution in [0, 0.1) is 18.3 Å². The van der Waals surface area contributed by atoms with Gasteiger partial charge >= 0.3 is 5.97 Å². The van der Waals surface area contributed by atoms with Crippen LogP contribution in [0.2, 0.25) is 0 Å². The molecule has 0 aliphatic carbocycles. The molecule has 0 saturated carbocycles. The third-order valence-corrected chi connectivity index (χ3v) is 2.52. The van der Waals surface area contributed by atoms with Crippen LogP contribution in [-0.2, 0) is 4.74 Å². The van der Waals surface area contributed by atoms with E-state index in [9.17, 15) is 4.79 Å². The first-order valence-corrected chi connectivity index (χ1v) is 4.66. The van der Waals surface area contributed by atoms with Crippen molar-refractivity contribution in [2.24, 2.45) is 0 Å². The number of rotatable bonds is 3. The third kappa shape index (κ3) is 2.00. The Hall–Kier alpha value is -1.61. The van der Waals surface area contributed by atoms with Gasteiger partial charge in [0.15, 0.2) is 6.61 Å². The van der Waals surface area contributed by atoms with Crippen molar-refractivity contribution in [3.05, 3.63) is 11.3 Å². The van der Waals surface area contributed by atoms with Gasteiger partial charge in [0, 0.05) is 7.05 Å². The molecule has 1 rings (SSSR count). The molecule has 14 heavy (non-hydrogen) atoms. The van der Waals surface area contributed by atoms with E-state index in [-0.39, 0.29) is 6.61 Å². The molecule has 0 fully saturated rings. The molecule has 1 heterocycles. The Labute approximate surface area is 85.5 Å². The van der Waals surface area contributed by atoms with Crippen molar-refractivity contribution in [3.63, 3.8) is 0 Å². The first-order valence-electron chi connectivity index (χ1n) is 3.88. The van der Waals surface area contributed by atoms with E-state index in [0.29, 0.717) is 16.3 Å². The molecule has 0 bridgehead atoms. The molecule has 0 amide bonds. The van der Waals surface area contributed by atoms with Gasteiger partial charge in [0.05, 0.1) is 5.69 Å². The quantitative estimate of drug-likeness (QED) is 0.759. The van der Waals surface area contributed by atoms with Gasteiger partial charge in [-0.1, -0.05) is 0 Å². The Morgan fingerprint density at radius 1 is 1.79 bits per heavy atom. The lowest BCUT2D eigenvalue weighted by molar-refractivity contribution is 0.0555. The highest BCUT2D eigenvalue weighted by Crippen LogP contribution is 2.24. The Morgan fingerprint density at radius 3 is 3.07 bits per heavy atom. The second-order valence-corrected chi connectivity index (χ2v) is 3.23. The number of aromatic nitrogens is 1. The number of hydrogen-bond donors (Lipinski definition) is 1. The minimum absolute atomic E-state index is 0.239. The van der Waals surface area contributed by atoms with Crippen molar-refractivity contribution in [2.75, 3.05) is 19.0 Å². The summed E-state index contributed by atoms with van der Waals surface area (Å²) in [5.41, 5.74) is 1.02. The normalized spacial score (nSPS) is 9.21. The summed E-state index contributed by atoms with van der Waals surface area (Å²) in [5, 5.41) is 11.8. The molecule has 0 atom stereocenters. The molecule has 0 spiro atoms. The van der Waals surface area contributed by atoms with Crippen LogP contribution in [-0.4, -0.2) is 24.0 Å². The second-order valence-electron chi connectivity index (χ2n) is 2.46. The van der Waals surface area contributed by atoms with Crippen LogP contribution in [0.3, 0.4) is 0 Å². The Bertz CT molecular complexity index is 380. The molecule has 74 valence electrons. The fourth-order valence-corrected chi connectivity index (χ4v) is 1.68. The number of ether oxygens (including phenoxy) is 1. The Balaban J connectivity index is 2.88. The monoisotopic (exact) mass is 211 g/mol. The molecule has 0 aliphatic rings. The van der Waals surface area contributed by atoms with E-state index in [1.165, 1.54) is 11.5 Å². The van der Waals surface area contributed by atoms with Crippen molar-refractivity contribution in [3.8, 4) is 6.07 Å². The zero-order valence-corrected chi connectivity index (χ0v) is 8.64. The molecule has 0 radical (unpaired) electrons. The lowest BCUT2D eigenvalue weighted by atomic mass is 10.2. The molecular weight excluding hydrogens is 202 g/mol. The van der Waals surface area contributed by atoms with Crippen molar-refractivity contribution in [1.82, 2.24) is 4.37 Å². The van der Waals surface area contributed by atoms with Crippen molar-refractivity contribution in [1.29, 1.82) is 5.26 Å². The minimum Gasteiger partial charge on any atom is -0.447 e. The zero-order valence-electron chi connectivity index (χ0n) is 7.83. The molecule has 0 unspecified atom stereocenters. The average molecular weight is 211 g/mol. The van der Waals surface area contributed by atoms with Crippen molar-refractivity contribution >= 4 is 22.5 Å². The Morgan fingerprint density at radius 2 is 2.50 bits per heavy atom. The lowest BCUT2D eigenvalue weighted by Crippen LogP contribution is -2.08. The van der Waals surface area contributed by atoms with Gasteiger partial charge < -0.3 is 10.1 Å². The zero-order chi connectivity index (χ0) is 10.6. The fourth-order valence-electron chi connectivity index (χ4n) is 0.951.